The van der Waals surface area contributed by atoms with E-state index in [-0.39, 0.29) is 17.3 Å². The van der Waals surface area contributed by atoms with Gasteiger partial charge in [0.15, 0.2) is 0 Å². The van der Waals surface area contributed by atoms with Gasteiger partial charge in [-0.05, 0) is 24.3 Å². The number of hydrogen-bond donors (Lipinski definition) is 1. The quantitative estimate of drug-likeness (QED) is 0.945. The summed E-state index contributed by atoms with van der Waals surface area (Å²) in [7, 11) is 0. The van der Waals surface area contributed by atoms with Crippen LogP contribution in [0.3, 0.4) is 0 Å². The summed E-state index contributed by atoms with van der Waals surface area (Å²) in [5.41, 5.74) is 0.431. The first-order chi connectivity index (χ1) is 11.1. The standard InChI is InChI=1S/C16H15F2N3O2/c17-12-2-1-3-13(18)15(12)20-11-4-5-14(19-10-11)16(22)21-6-8-23-9-7-21/h1-5,10,20H,6-9H2. The van der Waals surface area contributed by atoms with E-state index in [1.54, 1.807) is 11.0 Å². The summed E-state index contributed by atoms with van der Waals surface area (Å²) >= 11 is 0. The number of nitrogens with one attached hydrogen (secondary N) is 1. The Balaban J connectivity index is 1.73. The molecule has 23 heavy (non-hydrogen) atoms. The number of para-hydroxylation sites is 1. The highest BCUT2D eigenvalue weighted by Gasteiger charge is 2.19. The van der Waals surface area contributed by atoms with E-state index in [1.165, 1.54) is 18.3 Å². The second-order valence-corrected chi connectivity index (χ2v) is 5.06. The van der Waals surface area contributed by atoms with Crippen molar-refractivity contribution in [1.29, 1.82) is 0 Å². The molecule has 1 aromatic heterocycles. The fourth-order valence-electron chi connectivity index (χ4n) is 2.28. The van der Waals surface area contributed by atoms with E-state index in [0.29, 0.717) is 32.0 Å². The van der Waals surface area contributed by atoms with Crippen LogP contribution in [0.1, 0.15) is 10.5 Å². The monoisotopic (exact) mass is 319 g/mol. The summed E-state index contributed by atoms with van der Waals surface area (Å²) in [6.07, 6.45) is 1.37. The molecule has 2 aromatic rings. The number of nitrogens with zero attached hydrogens (tertiary/aromatic N) is 2. The van der Waals surface area contributed by atoms with Crippen LogP contribution < -0.4 is 5.32 Å². The van der Waals surface area contributed by atoms with Gasteiger partial charge < -0.3 is 15.0 Å². The molecule has 0 atom stereocenters. The van der Waals surface area contributed by atoms with Crippen LogP contribution in [-0.4, -0.2) is 42.1 Å². The molecule has 1 saturated heterocycles. The molecule has 1 aromatic carbocycles. The number of morpholine rings is 1. The molecule has 7 heteroatoms. The molecule has 1 amide bonds. The maximum absolute atomic E-state index is 13.6. The van der Waals surface area contributed by atoms with E-state index < -0.39 is 11.6 Å². The van der Waals surface area contributed by atoms with Crippen molar-refractivity contribution in [3.63, 3.8) is 0 Å². The number of carbonyl (C=O) groups excluding carboxylic acids is 1. The maximum Gasteiger partial charge on any atom is 0.272 e. The Hall–Kier alpha value is -2.54. The van der Waals surface area contributed by atoms with Crippen molar-refractivity contribution >= 4 is 17.3 Å². The predicted octanol–water partition coefficient (Wildman–Crippen LogP) is 2.58. The zero-order valence-electron chi connectivity index (χ0n) is 12.3. The van der Waals surface area contributed by atoms with Crippen LogP contribution >= 0.6 is 0 Å². The lowest BCUT2D eigenvalue weighted by Gasteiger charge is -2.26. The molecule has 0 aliphatic carbocycles. The third-order valence-corrected chi connectivity index (χ3v) is 3.51. The summed E-state index contributed by atoms with van der Waals surface area (Å²) in [5, 5.41) is 2.63. The van der Waals surface area contributed by atoms with Gasteiger partial charge in [0.05, 0.1) is 25.1 Å². The minimum Gasteiger partial charge on any atom is -0.378 e. The number of amides is 1. The molecule has 1 fully saturated rings. The van der Waals surface area contributed by atoms with Gasteiger partial charge in [-0.3, -0.25) is 4.79 Å². The summed E-state index contributed by atoms with van der Waals surface area (Å²) in [4.78, 5) is 18.0. The van der Waals surface area contributed by atoms with E-state index in [1.807, 2.05) is 0 Å². The molecular weight excluding hydrogens is 304 g/mol. The lowest BCUT2D eigenvalue weighted by atomic mass is 10.2. The number of hydrogen-bond acceptors (Lipinski definition) is 4. The van der Waals surface area contributed by atoms with Crippen LogP contribution in [0.25, 0.3) is 0 Å². The van der Waals surface area contributed by atoms with Gasteiger partial charge in [0.2, 0.25) is 0 Å². The number of rotatable bonds is 3. The minimum atomic E-state index is -0.696. The first-order valence-corrected chi connectivity index (χ1v) is 7.19. The largest absolute Gasteiger partial charge is 0.378 e. The zero-order valence-corrected chi connectivity index (χ0v) is 12.3. The number of pyridine rings is 1. The van der Waals surface area contributed by atoms with Crippen LogP contribution in [0.5, 0.6) is 0 Å². The van der Waals surface area contributed by atoms with Crippen LogP contribution in [0, 0.1) is 11.6 Å². The SMILES string of the molecule is O=C(c1ccc(Nc2c(F)cccc2F)cn1)N1CCOCC1. The van der Waals surface area contributed by atoms with E-state index in [2.05, 4.69) is 10.3 Å². The van der Waals surface area contributed by atoms with Gasteiger partial charge in [-0.15, -0.1) is 0 Å². The molecule has 0 saturated carbocycles. The zero-order chi connectivity index (χ0) is 16.2. The van der Waals surface area contributed by atoms with E-state index in [4.69, 9.17) is 4.74 Å². The average Bonchev–Trinajstić information content (AvgIpc) is 2.59. The highest BCUT2D eigenvalue weighted by molar-refractivity contribution is 5.92. The Kier molecular flexibility index (Phi) is 4.47. The summed E-state index contributed by atoms with van der Waals surface area (Å²) in [6.45, 7) is 2.08. The number of anilines is 2. The fraction of sp³-hybridized carbons (Fsp3) is 0.250. The molecule has 1 N–H and O–H groups in total. The van der Waals surface area contributed by atoms with Crippen molar-refractivity contribution in [3.05, 3.63) is 53.9 Å². The number of halogens is 2. The van der Waals surface area contributed by atoms with Gasteiger partial charge in [-0.1, -0.05) is 6.07 Å². The van der Waals surface area contributed by atoms with Gasteiger partial charge >= 0.3 is 0 Å². The molecule has 0 bridgehead atoms. The maximum atomic E-state index is 13.6. The number of ether oxygens (including phenoxy) is 1. The van der Waals surface area contributed by atoms with Gasteiger partial charge in [0, 0.05) is 13.1 Å². The average molecular weight is 319 g/mol. The van der Waals surface area contributed by atoms with Crippen LogP contribution in [-0.2, 0) is 4.74 Å². The molecule has 0 radical (unpaired) electrons. The molecule has 0 spiro atoms. The van der Waals surface area contributed by atoms with Crippen molar-refractivity contribution < 1.29 is 18.3 Å². The molecule has 120 valence electrons. The van der Waals surface area contributed by atoms with Crippen LogP contribution in [0.2, 0.25) is 0 Å². The Bertz CT molecular complexity index is 681. The molecule has 2 heterocycles. The Morgan fingerprint density at radius 1 is 1.13 bits per heavy atom. The second-order valence-electron chi connectivity index (χ2n) is 5.06. The second kappa shape index (κ2) is 6.70. The van der Waals surface area contributed by atoms with Gasteiger partial charge in [-0.2, -0.15) is 0 Å². The Morgan fingerprint density at radius 2 is 1.83 bits per heavy atom. The first kappa shape index (κ1) is 15.4. The third kappa shape index (κ3) is 3.45. The summed E-state index contributed by atoms with van der Waals surface area (Å²) < 4.78 is 32.4. The first-order valence-electron chi connectivity index (χ1n) is 7.19. The molecular formula is C16H15F2N3O2. The molecule has 3 rings (SSSR count). The van der Waals surface area contributed by atoms with E-state index >= 15 is 0 Å². The Morgan fingerprint density at radius 3 is 2.43 bits per heavy atom. The Labute approximate surface area is 131 Å². The molecule has 5 nitrogen and oxygen atoms in total. The van der Waals surface area contributed by atoms with Crippen molar-refractivity contribution in [2.75, 3.05) is 31.6 Å². The summed E-state index contributed by atoms with van der Waals surface area (Å²) in [6, 6.07) is 6.70. The third-order valence-electron chi connectivity index (χ3n) is 3.51. The molecule has 0 unspecified atom stereocenters. The number of benzene rings is 1. The van der Waals surface area contributed by atoms with Crippen LogP contribution in [0.15, 0.2) is 36.5 Å². The van der Waals surface area contributed by atoms with E-state index in [9.17, 15) is 13.6 Å². The van der Waals surface area contributed by atoms with Crippen LogP contribution in [0.4, 0.5) is 20.2 Å². The molecule has 1 aliphatic rings. The normalized spacial score (nSPS) is 14.6. The minimum absolute atomic E-state index is 0.183. The van der Waals surface area contributed by atoms with Gasteiger partial charge in [0.25, 0.3) is 5.91 Å². The highest BCUT2D eigenvalue weighted by atomic mass is 19.1. The number of carbonyl (C=O) groups is 1. The lowest BCUT2D eigenvalue weighted by Crippen LogP contribution is -2.41. The van der Waals surface area contributed by atoms with Crippen molar-refractivity contribution in [2.45, 2.75) is 0 Å². The molecule has 1 aliphatic heterocycles. The van der Waals surface area contributed by atoms with Crippen molar-refractivity contribution in [3.8, 4) is 0 Å². The summed E-state index contributed by atoms with van der Waals surface area (Å²) in [5.74, 6) is -1.58. The lowest BCUT2D eigenvalue weighted by molar-refractivity contribution is 0.0299. The van der Waals surface area contributed by atoms with Crippen molar-refractivity contribution in [2.24, 2.45) is 0 Å². The number of aromatic nitrogens is 1. The predicted molar refractivity (Wildman–Crippen MR) is 80.6 cm³/mol. The highest BCUT2D eigenvalue weighted by Crippen LogP contribution is 2.22. The topological polar surface area (TPSA) is 54.5 Å². The van der Waals surface area contributed by atoms with Gasteiger partial charge in [-0.25, -0.2) is 13.8 Å². The van der Waals surface area contributed by atoms with E-state index in [0.717, 1.165) is 12.1 Å². The van der Waals surface area contributed by atoms with Gasteiger partial charge in [0.1, 0.15) is 23.0 Å². The van der Waals surface area contributed by atoms with Crippen molar-refractivity contribution in [1.82, 2.24) is 9.88 Å². The smallest absolute Gasteiger partial charge is 0.272 e. The fourth-order valence-corrected chi connectivity index (χ4v) is 2.28.